The lowest BCUT2D eigenvalue weighted by atomic mass is 9.92. The van der Waals surface area contributed by atoms with Crippen molar-refractivity contribution in [2.45, 2.75) is 31.9 Å². The number of ether oxygens (including phenoxy) is 1. The van der Waals surface area contributed by atoms with Crippen molar-refractivity contribution in [3.8, 4) is 0 Å². The van der Waals surface area contributed by atoms with Crippen LogP contribution in [0.3, 0.4) is 0 Å². The summed E-state index contributed by atoms with van der Waals surface area (Å²) in [4.78, 5) is 22.5. The third-order valence-electron chi connectivity index (χ3n) is 2.83. The highest BCUT2D eigenvalue weighted by atomic mass is 35.5. The van der Waals surface area contributed by atoms with Gasteiger partial charge in [-0.1, -0.05) is 29.3 Å². The molecule has 21 heavy (non-hydrogen) atoms. The number of nitrogens with zero attached hydrogens (tertiary/aromatic N) is 1. The largest absolute Gasteiger partial charge is 0.458 e. The van der Waals surface area contributed by atoms with E-state index in [2.05, 4.69) is 0 Å². The smallest absolute Gasteiger partial charge is 0.387 e. The number of carbonyl (C=O) groups excluding carboxylic acids is 1. The maximum atomic E-state index is 12.0. The zero-order valence-electron chi connectivity index (χ0n) is 11.5. The van der Waals surface area contributed by atoms with E-state index in [9.17, 15) is 20.0 Å². The lowest BCUT2D eigenvalue weighted by Gasteiger charge is -2.23. The minimum Gasteiger partial charge on any atom is -0.458 e. The fourth-order valence-corrected chi connectivity index (χ4v) is 2.17. The van der Waals surface area contributed by atoms with Gasteiger partial charge in [-0.2, -0.15) is 0 Å². The zero-order valence-corrected chi connectivity index (χ0v) is 13.0. The maximum absolute atomic E-state index is 12.0. The Bertz CT molecular complexity index is 549. The van der Waals surface area contributed by atoms with E-state index in [1.165, 1.54) is 18.2 Å². The van der Waals surface area contributed by atoms with Gasteiger partial charge in [0.2, 0.25) is 0 Å². The molecule has 0 amide bonds. The number of benzene rings is 1. The number of rotatable bonds is 6. The highest BCUT2D eigenvalue weighted by Gasteiger charge is 2.53. The monoisotopic (exact) mass is 335 g/mol. The van der Waals surface area contributed by atoms with Gasteiger partial charge in [0, 0.05) is 15.0 Å². The molecule has 1 N–H and O–H groups in total. The summed E-state index contributed by atoms with van der Waals surface area (Å²) in [6.07, 6.45) is -0.929. The van der Waals surface area contributed by atoms with Gasteiger partial charge in [-0.3, -0.25) is 10.1 Å². The fraction of sp³-hybridized carbons (Fsp3) is 0.462. The topological polar surface area (TPSA) is 89.7 Å². The summed E-state index contributed by atoms with van der Waals surface area (Å²) < 4.78 is 4.89. The molecule has 0 aliphatic carbocycles. The number of esters is 1. The Hall–Kier alpha value is -1.37. The van der Waals surface area contributed by atoms with Crippen LogP contribution in [0.5, 0.6) is 0 Å². The molecule has 116 valence electrons. The van der Waals surface area contributed by atoms with Gasteiger partial charge in [0.15, 0.2) is 0 Å². The van der Waals surface area contributed by atoms with Crippen LogP contribution in [-0.4, -0.2) is 34.2 Å². The molecule has 8 heteroatoms. The first-order valence-electron chi connectivity index (χ1n) is 6.13. The molecule has 0 fully saturated rings. The van der Waals surface area contributed by atoms with Gasteiger partial charge in [0.1, 0.15) is 6.61 Å². The number of halogens is 2. The normalized spacial score (nSPS) is 13.8. The Labute approximate surface area is 131 Å². The highest BCUT2D eigenvalue weighted by Crippen LogP contribution is 2.27. The predicted molar refractivity (Wildman–Crippen MR) is 78.2 cm³/mol. The van der Waals surface area contributed by atoms with E-state index in [1.807, 2.05) is 0 Å². The first-order valence-corrected chi connectivity index (χ1v) is 6.89. The second kappa shape index (κ2) is 7.06. The van der Waals surface area contributed by atoms with Gasteiger partial charge in [-0.25, -0.2) is 4.79 Å². The molecule has 0 aliphatic rings. The van der Waals surface area contributed by atoms with E-state index in [4.69, 9.17) is 27.9 Å². The van der Waals surface area contributed by atoms with E-state index in [-0.39, 0.29) is 5.02 Å². The van der Waals surface area contributed by atoms with Crippen LogP contribution in [0.1, 0.15) is 19.4 Å². The zero-order chi connectivity index (χ0) is 16.2. The Morgan fingerprint density at radius 1 is 1.48 bits per heavy atom. The molecule has 0 heterocycles. The molecule has 6 nitrogen and oxygen atoms in total. The highest BCUT2D eigenvalue weighted by molar-refractivity contribution is 6.35. The number of hydrogen-bond donors (Lipinski definition) is 1. The van der Waals surface area contributed by atoms with Crippen molar-refractivity contribution >= 4 is 29.2 Å². The molecule has 0 radical (unpaired) electrons. The van der Waals surface area contributed by atoms with E-state index in [0.717, 1.165) is 0 Å². The number of aliphatic hydroxyl groups is 1. The van der Waals surface area contributed by atoms with Crippen LogP contribution in [-0.2, 0) is 16.0 Å². The fourth-order valence-electron chi connectivity index (χ4n) is 1.69. The summed E-state index contributed by atoms with van der Waals surface area (Å²) in [6, 6.07) is 4.38. The Balaban J connectivity index is 3.19. The van der Waals surface area contributed by atoms with Crippen LogP contribution in [0.2, 0.25) is 10.0 Å². The van der Waals surface area contributed by atoms with Gasteiger partial charge in [-0.05, 0) is 31.5 Å². The van der Waals surface area contributed by atoms with Crippen molar-refractivity contribution in [1.82, 2.24) is 0 Å². The summed E-state index contributed by atoms with van der Waals surface area (Å²) >= 11 is 11.7. The van der Waals surface area contributed by atoms with Crippen LogP contribution in [0.15, 0.2) is 18.2 Å². The molecule has 1 atom stereocenters. The average Bonchev–Trinajstić information content (AvgIpc) is 2.36. The van der Waals surface area contributed by atoms with Gasteiger partial charge < -0.3 is 9.84 Å². The molecule has 1 aromatic rings. The van der Waals surface area contributed by atoms with Gasteiger partial charge in [0.05, 0.1) is 12.5 Å². The Morgan fingerprint density at radius 2 is 2.10 bits per heavy atom. The summed E-state index contributed by atoms with van der Waals surface area (Å²) in [5.74, 6) is -1.10. The second-order valence-electron chi connectivity index (χ2n) is 4.81. The molecule has 1 rings (SSSR count). The third kappa shape index (κ3) is 4.06. The molecule has 1 aromatic carbocycles. The number of hydrogen-bond acceptors (Lipinski definition) is 5. The van der Waals surface area contributed by atoms with Crippen molar-refractivity contribution in [3.05, 3.63) is 43.9 Å². The van der Waals surface area contributed by atoms with Crippen LogP contribution in [0.4, 0.5) is 0 Å². The maximum Gasteiger partial charge on any atom is 0.387 e. The van der Waals surface area contributed by atoms with E-state index >= 15 is 0 Å². The van der Waals surface area contributed by atoms with Crippen molar-refractivity contribution in [2.24, 2.45) is 0 Å². The van der Waals surface area contributed by atoms with Crippen molar-refractivity contribution in [3.63, 3.8) is 0 Å². The molecular formula is C13H15Cl2NO5. The molecule has 0 spiro atoms. The summed E-state index contributed by atoms with van der Waals surface area (Å²) in [6.45, 7) is 2.13. The SMILES string of the molecule is CC(C)OC(=O)C(CO)(Cc1ccc(Cl)cc1Cl)[N+](=O)[O-]. The molecule has 0 bridgehead atoms. The van der Waals surface area contributed by atoms with Gasteiger partial charge in [0.25, 0.3) is 0 Å². The van der Waals surface area contributed by atoms with E-state index in [0.29, 0.717) is 10.6 Å². The van der Waals surface area contributed by atoms with Crippen molar-refractivity contribution < 1.29 is 19.6 Å². The predicted octanol–water partition coefficient (Wildman–Crippen LogP) is 2.50. The number of aliphatic hydroxyl groups excluding tert-OH is 1. The Kier molecular flexibility index (Phi) is 5.95. The van der Waals surface area contributed by atoms with Gasteiger partial charge in [-0.15, -0.1) is 0 Å². The molecule has 0 aliphatic heterocycles. The first kappa shape index (κ1) is 17.7. The van der Waals surface area contributed by atoms with Gasteiger partial charge >= 0.3 is 11.5 Å². The van der Waals surface area contributed by atoms with Crippen LogP contribution in [0, 0.1) is 10.1 Å². The van der Waals surface area contributed by atoms with E-state index in [1.54, 1.807) is 13.8 Å². The molecule has 0 saturated heterocycles. The lowest BCUT2D eigenvalue weighted by Crippen LogP contribution is -2.53. The Morgan fingerprint density at radius 3 is 2.52 bits per heavy atom. The quantitative estimate of drug-likeness (QED) is 0.490. The standard InChI is InChI=1S/C13H15Cl2NO5/c1-8(2)21-12(18)13(7-17,16(19)20)6-9-3-4-10(14)5-11(9)15/h3-5,8,17H,6-7H2,1-2H3. The van der Waals surface area contributed by atoms with Crippen LogP contribution in [0.25, 0.3) is 0 Å². The summed E-state index contributed by atoms with van der Waals surface area (Å²) in [7, 11) is 0. The second-order valence-corrected chi connectivity index (χ2v) is 5.66. The third-order valence-corrected chi connectivity index (χ3v) is 3.42. The van der Waals surface area contributed by atoms with Crippen LogP contribution >= 0.6 is 23.2 Å². The minimum atomic E-state index is -2.29. The summed E-state index contributed by atoms with van der Waals surface area (Å²) in [5.41, 5.74) is -1.96. The average molecular weight is 336 g/mol. The summed E-state index contributed by atoms with van der Waals surface area (Å²) in [5, 5.41) is 21.3. The molecular weight excluding hydrogens is 321 g/mol. The number of carbonyl (C=O) groups is 1. The van der Waals surface area contributed by atoms with Crippen molar-refractivity contribution in [2.75, 3.05) is 6.61 Å². The van der Waals surface area contributed by atoms with Crippen molar-refractivity contribution in [1.29, 1.82) is 0 Å². The first-order chi connectivity index (χ1) is 9.72. The number of nitro groups is 1. The molecule has 1 unspecified atom stereocenters. The van der Waals surface area contributed by atoms with Crippen LogP contribution < -0.4 is 0 Å². The molecule has 0 saturated carbocycles. The van der Waals surface area contributed by atoms with E-state index < -0.39 is 35.6 Å². The molecule has 0 aromatic heterocycles. The lowest BCUT2D eigenvalue weighted by molar-refractivity contribution is -0.558. The minimum absolute atomic E-state index is 0.180.